The van der Waals surface area contributed by atoms with Crippen molar-refractivity contribution >= 4 is 33.3 Å². The molecule has 6 heteroatoms. The first kappa shape index (κ1) is 14.3. The number of rotatable bonds is 5. The number of thiophene rings is 1. The van der Waals surface area contributed by atoms with E-state index >= 15 is 0 Å². The average Bonchev–Trinajstić information content (AvgIpc) is 2.77. The van der Waals surface area contributed by atoms with Gasteiger partial charge < -0.3 is 10.4 Å². The first-order valence-electron chi connectivity index (χ1n) is 6.25. The summed E-state index contributed by atoms with van der Waals surface area (Å²) in [5.74, 6) is 2.34. The summed E-state index contributed by atoms with van der Waals surface area (Å²) < 4.78 is 0. The Kier molecular flexibility index (Phi) is 4.20. The smallest absolute Gasteiger partial charge is 0.346 e. The molecule has 2 heterocycles. The number of aryl methyl sites for hydroxylation is 1. The second-order valence-corrected chi connectivity index (χ2v) is 5.42. The molecule has 0 saturated carbocycles. The highest BCUT2D eigenvalue weighted by Gasteiger charge is 2.19. The number of carbonyl (C=O) groups is 1. The number of hydrogen-bond donors (Lipinski definition) is 2. The molecular weight excluding hydrogens is 274 g/mol. The van der Waals surface area contributed by atoms with E-state index in [-0.39, 0.29) is 6.04 Å². The number of aromatic nitrogens is 2. The van der Waals surface area contributed by atoms with E-state index in [4.69, 9.17) is 6.42 Å². The van der Waals surface area contributed by atoms with E-state index in [1.54, 1.807) is 6.92 Å². The van der Waals surface area contributed by atoms with Crippen LogP contribution in [0.1, 0.15) is 35.0 Å². The molecule has 0 amide bonds. The van der Waals surface area contributed by atoms with Gasteiger partial charge in [-0.05, 0) is 18.9 Å². The van der Waals surface area contributed by atoms with E-state index in [1.165, 1.54) is 6.33 Å². The molecule has 2 rings (SSSR count). The first-order chi connectivity index (χ1) is 9.58. The minimum atomic E-state index is -0.938. The number of hydrogen-bond acceptors (Lipinski definition) is 5. The quantitative estimate of drug-likeness (QED) is 0.828. The molecule has 0 spiro atoms. The second kappa shape index (κ2) is 5.88. The Balaban J connectivity index is 2.49. The summed E-state index contributed by atoms with van der Waals surface area (Å²) in [5, 5.41) is 13.2. The fraction of sp³-hybridized carbons (Fsp3) is 0.357. The lowest BCUT2D eigenvalue weighted by atomic mass is 10.1. The van der Waals surface area contributed by atoms with Gasteiger partial charge in [-0.1, -0.05) is 6.92 Å². The predicted molar refractivity (Wildman–Crippen MR) is 80.3 cm³/mol. The van der Waals surface area contributed by atoms with Crippen molar-refractivity contribution in [1.29, 1.82) is 0 Å². The van der Waals surface area contributed by atoms with Gasteiger partial charge in [-0.25, -0.2) is 14.8 Å². The molecule has 0 saturated heterocycles. The maximum atomic E-state index is 11.2. The van der Waals surface area contributed by atoms with Crippen LogP contribution in [0.25, 0.3) is 10.2 Å². The molecule has 2 aromatic rings. The number of anilines is 1. The van der Waals surface area contributed by atoms with Gasteiger partial charge >= 0.3 is 5.97 Å². The lowest BCUT2D eigenvalue weighted by molar-refractivity contribution is 0.0701. The standard InChI is InChI=1S/C14H15N3O2S/c1-4-6-9(5-2)17-12-10-8(3)11(14(18)19)20-13(10)16-7-15-12/h1,7,9H,5-6H2,2-3H3,(H,18,19)(H,15,16,17). The van der Waals surface area contributed by atoms with Crippen molar-refractivity contribution < 1.29 is 9.90 Å². The van der Waals surface area contributed by atoms with Gasteiger partial charge in [0.05, 0.1) is 5.39 Å². The number of carboxylic acids is 1. The van der Waals surface area contributed by atoms with Crippen LogP contribution in [-0.4, -0.2) is 27.1 Å². The monoisotopic (exact) mass is 289 g/mol. The Morgan fingerprint density at radius 1 is 1.60 bits per heavy atom. The minimum absolute atomic E-state index is 0.116. The highest BCUT2D eigenvalue weighted by atomic mass is 32.1. The molecule has 0 bridgehead atoms. The third-order valence-corrected chi connectivity index (χ3v) is 4.31. The van der Waals surface area contributed by atoms with E-state index in [9.17, 15) is 9.90 Å². The van der Waals surface area contributed by atoms with Crippen molar-refractivity contribution in [2.45, 2.75) is 32.7 Å². The van der Waals surface area contributed by atoms with Crippen LogP contribution in [-0.2, 0) is 0 Å². The number of terminal acetylenes is 1. The number of nitrogens with one attached hydrogen (secondary N) is 1. The Hall–Kier alpha value is -2.13. The Bertz CT molecular complexity index is 688. The van der Waals surface area contributed by atoms with Gasteiger partial charge in [0.2, 0.25) is 0 Å². The Morgan fingerprint density at radius 2 is 2.35 bits per heavy atom. The molecule has 2 aromatic heterocycles. The molecule has 0 radical (unpaired) electrons. The summed E-state index contributed by atoms with van der Waals surface area (Å²) in [5.41, 5.74) is 0.691. The lowest BCUT2D eigenvalue weighted by Gasteiger charge is -2.15. The zero-order chi connectivity index (χ0) is 14.7. The van der Waals surface area contributed by atoms with Crippen LogP contribution >= 0.6 is 11.3 Å². The zero-order valence-electron chi connectivity index (χ0n) is 11.3. The third kappa shape index (κ3) is 2.58. The number of carboxylic acid groups (broad SMARTS) is 1. The van der Waals surface area contributed by atoms with Gasteiger partial charge in [0.25, 0.3) is 0 Å². The molecule has 0 fully saturated rings. The Labute approximate surface area is 121 Å². The number of nitrogens with zero attached hydrogens (tertiary/aromatic N) is 2. The second-order valence-electron chi connectivity index (χ2n) is 4.42. The van der Waals surface area contributed by atoms with Crippen LogP contribution in [0.5, 0.6) is 0 Å². The van der Waals surface area contributed by atoms with Crippen LogP contribution in [0.3, 0.4) is 0 Å². The molecule has 104 valence electrons. The topological polar surface area (TPSA) is 75.1 Å². The summed E-state index contributed by atoms with van der Waals surface area (Å²) >= 11 is 1.16. The summed E-state index contributed by atoms with van der Waals surface area (Å²) in [6, 6.07) is 0.116. The van der Waals surface area contributed by atoms with Crippen LogP contribution in [0.2, 0.25) is 0 Å². The van der Waals surface area contributed by atoms with Crippen molar-refractivity contribution in [1.82, 2.24) is 9.97 Å². The molecule has 0 aliphatic heterocycles. The highest BCUT2D eigenvalue weighted by molar-refractivity contribution is 7.20. The summed E-state index contributed by atoms with van der Waals surface area (Å²) in [6.45, 7) is 3.81. The molecule has 5 nitrogen and oxygen atoms in total. The SMILES string of the molecule is C#CCC(CC)Nc1ncnc2sc(C(=O)O)c(C)c12. The van der Waals surface area contributed by atoms with Gasteiger partial charge in [0.1, 0.15) is 21.9 Å². The van der Waals surface area contributed by atoms with E-state index in [0.717, 1.165) is 23.1 Å². The van der Waals surface area contributed by atoms with E-state index in [2.05, 4.69) is 21.2 Å². The molecule has 20 heavy (non-hydrogen) atoms. The summed E-state index contributed by atoms with van der Waals surface area (Å²) in [4.78, 5) is 20.6. The minimum Gasteiger partial charge on any atom is -0.477 e. The normalized spacial score (nSPS) is 12.1. The fourth-order valence-corrected chi connectivity index (χ4v) is 3.01. The van der Waals surface area contributed by atoms with Crippen LogP contribution in [0.4, 0.5) is 5.82 Å². The largest absolute Gasteiger partial charge is 0.477 e. The molecule has 0 aliphatic carbocycles. The van der Waals surface area contributed by atoms with Gasteiger partial charge in [0.15, 0.2) is 0 Å². The molecule has 0 aromatic carbocycles. The maximum absolute atomic E-state index is 11.2. The van der Waals surface area contributed by atoms with Crippen molar-refractivity contribution in [2.75, 3.05) is 5.32 Å². The number of aromatic carboxylic acids is 1. The van der Waals surface area contributed by atoms with Gasteiger partial charge in [0, 0.05) is 12.5 Å². The molecule has 0 aliphatic rings. The predicted octanol–water partition coefficient (Wildman–Crippen LogP) is 2.91. The van der Waals surface area contributed by atoms with Crippen molar-refractivity contribution in [3.05, 3.63) is 16.8 Å². The molecule has 1 unspecified atom stereocenters. The number of fused-ring (bicyclic) bond motifs is 1. The Morgan fingerprint density at radius 3 is 2.95 bits per heavy atom. The van der Waals surface area contributed by atoms with Crippen LogP contribution < -0.4 is 5.32 Å². The van der Waals surface area contributed by atoms with Crippen molar-refractivity contribution in [3.8, 4) is 12.3 Å². The van der Waals surface area contributed by atoms with E-state index in [0.29, 0.717) is 27.5 Å². The maximum Gasteiger partial charge on any atom is 0.346 e. The lowest BCUT2D eigenvalue weighted by Crippen LogP contribution is -2.18. The van der Waals surface area contributed by atoms with E-state index in [1.807, 2.05) is 6.92 Å². The van der Waals surface area contributed by atoms with Crippen LogP contribution in [0, 0.1) is 19.3 Å². The van der Waals surface area contributed by atoms with Crippen LogP contribution in [0.15, 0.2) is 6.33 Å². The van der Waals surface area contributed by atoms with Crippen molar-refractivity contribution in [2.24, 2.45) is 0 Å². The average molecular weight is 289 g/mol. The van der Waals surface area contributed by atoms with Gasteiger partial charge in [-0.3, -0.25) is 0 Å². The first-order valence-corrected chi connectivity index (χ1v) is 7.07. The van der Waals surface area contributed by atoms with E-state index < -0.39 is 5.97 Å². The molecule has 1 atom stereocenters. The fourth-order valence-electron chi connectivity index (χ4n) is 2.02. The summed E-state index contributed by atoms with van der Waals surface area (Å²) in [7, 11) is 0. The van der Waals surface area contributed by atoms with Gasteiger partial charge in [-0.2, -0.15) is 0 Å². The van der Waals surface area contributed by atoms with Gasteiger partial charge in [-0.15, -0.1) is 23.7 Å². The highest BCUT2D eigenvalue weighted by Crippen LogP contribution is 2.33. The third-order valence-electron chi connectivity index (χ3n) is 3.12. The zero-order valence-corrected chi connectivity index (χ0v) is 12.1. The molecular formula is C14H15N3O2S. The molecule has 2 N–H and O–H groups in total. The summed E-state index contributed by atoms with van der Waals surface area (Å²) in [6.07, 6.45) is 8.25. The van der Waals surface area contributed by atoms with Crippen molar-refractivity contribution in [3.63, 3.8) is 0 Å².